The van der Waals surface area contributed by atoms with Crippen LogP contribution in [-0.4, -0.2) is 68.8 Å². The number of guanidine groups is 1. The van der Waals surface area contributed by atoms with E-state index < -0.39 is 0 Å². The number of aromatic nitrogens is 1. The topological polar surface area (TPSA) is 65.0 Å². The first-order valence-corrected chi connectivity index (χ1v) is 11.4. The summed E-state index contributed by atoms with van der Waals surface area (Å²) < 4.78 is 19.0. The Labute approximate surface area is 189 Å². The number of aliphatic imine (C=N–C) groups is 1. The van der Waals surface area contributed by atoms with Crippen LogP contribution in [0.25, 0.3) is 0 Å². The molecule has 0 amide bonds. The second-order valence-electron chi connectivity index (χ2n) is 8.24. The zero-order valence-corrected chi connectivity index (χ0v) is 18.8. The number of morpholine rings is 1. The lowest BCUT2D eigenvalue weighted by molar-refractivity contribution is 0.0170. The molecule has 2 saturated heterocycles. The lowest BCUT2D eigenvalue weighted by Crippen LogP contribution is -2.46. The van der Waals surface area contributed by atoms with Gasteiger partial charge in [0.15, 0.2) is 5.96 Å². The van der Waals surface area contributed by atoms with Crippen LogP contribution in [0, 0.1) is 5.82 Å². The van der Waals surface area contributed by atoms with Crippen molar-refractivity contribution in [3.63, 3.8) is 0 Å². The molecule has 0 bridgehead atoms. The molecule has 2 aromatic rings. The molecule has 32 heavy (non-hydrogen) atoms. The molecular formula is C24H33FN6O. The predicted octanol–water partition coefficient (Wildman–Crippen LogP) is 2.56. The molecule has 0 saturated carbocycles. The molecule has 3 heterocycles. The van der Waals surface area contributed by atoms with Gasteiger partial charge in [-0.2, -0.15) is 0 Å². The van der Waals surface area contributed by atoms with Crippen LogP contribution in [0.15, 0.2) is 47.6 Å². The maximum atomic E-state index is 13.5. The Kier molecular flexibility index (Phi) is 7.90. The number of hydrogen-bond acceptors (Lipinski definition) is 5. The Morgan fingerprint density at radius 1 is 1.09 bits per heavy atom. The monoisotopic (exact) mass is 440 g/mol. The summed E-state index contributed by atoms with van der Waals surface area (Å²) in [5, 5.41) is 6.87. The highest BCUT2D eigenvalue weighted by atomic mass is 19.1. The molecule has 8 heteroatoms. The second-order valence-corrected chi connectivity index (χ2v) is 8.24. The van der Waals surface area contributed by atoms with E-state index in [1.165, 1.54) is 30.5 Å². The number of benzene rings is 1. The predicted molar refractivity (Wildman–Crippen MR) is 125 cm³/mol. The fourth-order valence-electron chi connectivity index (χ4n) is 4.32. The van der Waals surface area contributed by atoms with E-state index in [1.807, 2.05) is 24.4 Å². The molecule has 2 aliphatic rings. The third kappa shape index (κ3) is 5.95. The van der Waals surface area contributed by atoms with Gasteiger partial charge < -0.3 is 20.3 Å². The van der Waals surface area contributed by atoms with Crippen molar-refractivity contribution in [2.45, 2.75) is 25.4 Å². The fourth-order valence-corrected chi connectivity index (χ4v) is 4.32. The van der Waals surface area contributed by atoms with Crippen LogP contribution in [0.4, 0.5) is 10.2 Å². The van der Waals surface area contributed by atoms with Crippen LogP contribution in [0.1, 0.15) is 30.0 Å². The molecule has 7 nitrogen and oxygen atoms in total. The van der Waals surface area contributed by atoms with Crippen molar-refractivity contribution >= 4 is 11.8 Å². The van der Waals surface area contributed by atoms with Gasteiger partial charge in [-0.25, -0.2) is 9.37 Å². The molecule has 2 aliphatic heterocycles. The fraction of sp³-hybridized carbons (Fsp3) is 0.500. The summed E-state index contributed by atoms with van der Waals surface area (Å²) in [4.78, 5) is 13.6. The summed E-state index contributed by atoms with van der Waals surface area (Å²) in [5.41, 5.74) is 2.26. The molecule has 0 aliphatic carbocycles. The van der Waals surface area contributed by atoms with E-state index in [0.29, 0.717) is 26.3 Å². The van der Waals surface area contributed by atoms with Gasteiger partial charge >= 0.3 is 0 Å². The molecule has 1 aromatic heterocycles. The summed E-state index contributed by atoms with van der Waals surface area (Å²) in [6, 6.07) is 11.1. The van der Waals surface area contributed by atoms with Gasteiger partial charge in [0.1, 0.15) is 11.6 Å². The van der Waals surface area contributed by atoms with Crippen LogP contribution < -0.4 is 15.5 Å². The molecule has 172 valence electrons. The number of nitrogens with zero attached hydrogens (tertiary/aromatic N) is 4. The molecule has 1 atom stereocenters. The molecule has 2 fully saturated rings. The van der Waals surface area contributed by atoms with E-state index in [4.69, 9.17) is 4.74 Å². The third-order valence-electron chi connectivity index (χ3n) is 6.13. The Bertz CT molecular complexity index is 878. The smallest absolute Gasteiger partial charge is 0.191 e. The summed E-state index contributed by atoms with van der Waals surface area (Å²) >= 11 is 0. The Balaban J connectivity index is 1.36. The largest absolute Gasteiger partial charge is 0.379 e. The number of ether oxygens (including phenoxy) is 1. The summed E-state index contributed by atoms with van der Waals surface area (Å²) in [6.07, 6.45) is 4.35. The van der Waals surface area contributed by atoms with E-state index in [9.17, 15) is 4.39 Å². The first-order valence-electron chi connectivity index (χ1n) is 11.4. The van der Waals surface area contributed by atoms with Crippen LogP contribution in [0.5, 0.6) is 0 Å². The van der Waals surface area contributed by atoms with E-state index in [2.05, 4.69) is 36.5 Å². The average molecular weight is 441 g/mol. The van der Waals surface area contributed by atoms with Gasteiger partial charge in [-0.3, -0.25) is 9.89 Å². The lowest BCUT2D eigenvalue weighted by Gasteiger charge is -2.35. The highest BCUT2D eigenvalue weighted by Crippen LogP contribution is 2.22. The zero-order chi connectivity index (χ0) is 22.2. The Morgan fingerprint density at radius 3 is 2.56 bits per heavy atom. The van der Waals surface area contributed by atoms with Crippen molar-refractivity contribution in [3.8, 4) is 0 Å². The molecule has 0 radical (unpaired) electrons. The van der Waals surface area contributed by atoms with E-state index in [-0.39, 0.29) is 11.9 Å². The Hall–Kier alpha value is -2.71. The van der Waals surface area contributed by atoms with Gasteiger partial charge in [0.2, 0.25) is 0 Å². The molecule has 2 N–H and O–H groups in total. The van der Waals surface area contributed by atoms with Gasteiger partial charge in [0.25, 0.3) is 0 Å². The summed E-state index contributed by atoms with van der Waals surface area (Å²) in [6.45, 7) is 6.64. The van der Waals surface area contributed by atoms with Crippen molar-refractivity contribution in [1.82, 2.24) is 20.5 Å². The van der Waals surface area contributed by atoms with Crippen LogP contribution >= 0.6 is 0 Å². The van der Waals surface area contributed by atoms with Crippen molar-refractivity contribution in [3.05, 3.63) is 59.5 Å². The minimum absolute atomic E-state index is 0.112. The van der Waals surface area contributed by atoms with Gasteiger partial charge in [-0.15, -0.1) is 0 Å². The number of pyridine rings is 1. The lowest BCUT2D eigenvalue weighted by atomic mass is 10.0. The van der Waals surface area contributed by atoms with Crippen LogP contribution in [-0.2, 0) is 11.3 Å². The summed E-state index contributed by atoms with van der Waals surface area (Å²) in [5.74, 6) is 1.57. The second kappa shape index (κ2) is 11.2. The van der Waals surface area contributed by atoms with Crippen molar-refractivity contribution in [1.29, 1.82) is 0 Å². The maximum Gasteiger partial charge on any atom is 0.191 e. The van der Waals surface area contributed by atoms with Crippen LogP contribution in [0.2, 0.25) is 0 Å². The third-order valence-corrected chi connectivity index (χ3v) is 6.13. The highest BCUT2D eigenvalue weighted by Gasteiger charge is 2.23. The van der Waals surface area contributed by atoms with E-state index in [1.54, 1.807) is 7.05 Å². The Morgan fingerprint density at radius 2 is 1.84 bits per heavy atom. The van der Waals surface area contributed by atoms with E-state index >= 15 is 0 Å². The zero-order valence-electron chi connectivity index (χ0n) is 18.8. The number of halogens is 1. The highest BCUT2D eigenvalue weighted by molar-refractivity contribution is 5.79. The van der Waals surface area contributed by atoms with Gasteiger partial charge in [0.05, 0.1) is 19.3 Å². The van der Waals surface area contributed by atoms with Gasteiger partial charge in [-0.05, 0) is 48.2 Å². The van der Waals surface area contributed by atoms with Crippen molar-refractivity contribution in [2.24, 2.45) is 4.99 Å². The number of hydrogen-bond donors (Lipinski definition) is 2. The van der Waals surface area contributed by atoms with Crippen molar-refractivity contribution in [2.75, 3.05) is 57.9 Å². The van der Waals surface area contributed by atoms with Gasteiger partial charge in [0, 0.05) is 52.5 Å². The molecule has 1 unspecified atom stereocenters. The first-order chi connectivity index (χ1) is 15.7. The first kappa shape index (κ1) is 22.5. The molecule has 1 aromatic carbocycles. The number of nitrogens with one attached hydrogen (secondary N) is 2. The normalized spacial score (nSPS) is 18.6. The number of rotatable bonds is 7. The quantitative estimate of drug-likeness (QED) is 0.510. The summed E-state index contributed by atoms with van der Waals surface area (Å²) in [7, 11) is 1.78. The standard InChI is InChI=1S/C24H33FN6O/c1-26-24(28-17-19-8-9-27-23(16-19)31-10-2-3-11-31)29-18-22(30-12-14-32-15-13-30)20-4-6-21(25)7-5-20/h4-9,16,22H,2-3,10-15,17-18H2,1H3,(H2,26,28,29). The minimum Gasteiger partial charge on any atom is -0.379 e. The maximum absolute atomic E-state index is 13.5. The van der Waals surface area contributed by atoms with Gasteiger partial charge in [-0.1, -0.05) is 12.1 Å². The molecule has 4 rings (SSSR count). The van der Waals surface area contributed by atoms with Crippen LogP contribution in [0.3, 0.4) is 0 Å². The average Bonchev–Trinajstić information content (AvgIpc) is 3.38. The minimum atomic E-state index is -0.217. The number of anilines is 1. The SMILES string of the molecule is CN=C(NCc1ccnc(N2CCCC2)c1)NCC(c1ccc(F)cc1)N1CCOCC1. The van der Waals surface area contributed by atoms with Crippen molar-refractivity contribution < 1.29 is 9.13 Å². The molecular weight excluding hydrogens is 407 g/mol. The van der Waals surface area contributed by atoms with E-state index in [0.717, 1.165) is 43.5 Å². The molecule has 0 spiro atoms.